The molecule has 6 rings (SSSR count). The van der Waals surface area contributed by atoms with E-state index in [0.717, 1.165) is 0 Å². The predicted molar refractivity (Wildman–Crippen MR) is 214 cm³/mol. The Morgan fingerprint density at radius 1 is 0.887 bits per heavy atom. The van der Waals surface area contributed by atoms with Gasteiger partial charge in [-0.05, 0) is 46.4 Å². The first kappa shape index (κ1) is 39.1. The Labute approximate surface area is 318 Å². The Morgan fingerprint density at radius 3 is 1.98 bits per heavy atom. The third-order valence-electron chi connectivity index (χ3n) is 10.3. The number of hydrogen-bond acceptors (Lipinski definition) is 10. The number of imidazole rings is 1. The van der Waals surface area contributed by atoms with Gasteiger partial charge < -0.3 is 22.3 Å². The standard InChI is InChI=1S/C38H52N6O6SSi2/c1-23(2)52(24(3)4)47-21-31-33(49-53(50-52,25(5)6)26(7)8)27(9)36(51-31)43-22-39-32-34(43)41-37(40-28(10)45)42-35(32)48-38(46)44(29-17-13-11-14-18-29)30-19-15-12-16-20-30/h11-20,22-27,31,33,36H,21H2,1-10H3,(H,40,41,42,45)/t27-,31-,33+,36-/m1/s1. The van der Waals surface area contributed by atoms with Gasteiger partial charge in [0.2, 0.25) is 11.9 Å². The molecule has 2 aromatic heterocycles. The van der Waals surface area contributed by atoms with Crippen LogP contribution in [0.25, 0.3) is 11.2 Å². The topological polar surface area (TPSA) is 130 Å². The quantitative estimate of drug-likeness (QED) is 0.164. The van der Waals surface area contributed by atoms with E-state index in [2.05, 4.69) is 72.6 Å². The number of nitrogens with one attached hydrogen (secondary N) is 1. The van der Waals surface area contributed by atoms with Gasteiger partial charge in [-0.15, -0.1) is 11.8 Å². The molecule has 1 N–H and O–H groups in total. The van der Waals surface area contributed by atoms with E-state index in [1.54, 1.807) is 18.1 Å². The van der Waals surface area contributed by atoms with Crippen LogP contribution in [0.1, 0.15) is 74.6 Å². The Morgan fingerprint density at radius 2 is 1.45 bits per heavy atom. The number of aromatic nitrogens is 4. The normalized spacial score (nSPS) is 22.5. The number of thioether (sulfide) groups is 1. The van der Waals surface area contributed by atoms with Gasteiger partial charge in [-0.3, -0.25) is 10.1 Å². The van der Waals surface area contributed by atoms with Crippen molar-refractivity contribution < 1.29 is 27.3 Å². The summed E-state index contributed by atoms with van der Waals surface area (Å²) in [4.78, 5) is 41.7. The summed E-state index contributed by atoms with van der Waals surface area (Å²) in [7, 11) is -5.54. The van der Waals surface area contributed by atoms with Crippen LogP contribution in [0.15, 0.2) is 67.0 Å². The van der Waals surface area contributed by atoms with Crippen LogP contribution in [0.2, 0.25) is 22.2 Å². The van der Waals surface area contributed by atoms with E-state index >= 15 is 0 Å². The van der Waals surface area contributed by atoms with Crippen molar-refractivity contribution in [3.63, 3.8) is 0 Å². The van der Waals surface area contributed by atoms with Gasteiger partial charge in [0.1, 0.15) is 0 Å². The summed E-state index contributed by atoms with van der Waals surface area (Å²) >= 11 is 1.78. The maximum atomic E-state index is 14.0. The van der Waals surface area contributed by atoms with Crippen LogP contribution in [-0.2, 0) is 17.8 Å². The summed E-state index contributed by atoms with van der Waals surface area (Å²) in [6.45, 7) is 21.9. The fraction of sp³-hybridized carbons (Fsp3) is 0.500. The summed E-state index contributed by atoms with van der Waals surface area (Å²) in [5, 5.41) is 2.56. The first-order valence-electron chi connectivity index (χ1n) is 18.5. The zero-order chi connectivity index (χ0) is 38.2. The van der Waals surface area contributed by atoms with Crippen LogP contribution in [0.4, 0.5) is 22.1 Å². The molecule has 12 nitrogen and oxygen atoms in total. The van der Waals surface area contributed by atoms with E-state index in [-0.39, 0.29) is 62.5 Å². The number of amides is 2. The first-order chi connectivity index (χ1) is 25.2. The van der Waals surface area contributed by atoms with Crippen molar-refractivity contribution in [2.75, 3.05) is 16.8 Å². The van der Waals surface area contributed by atoms with E-state index in [4.69, 9.17) is 27.7 Å². The maximum absolute atomic E-state index is 14.0. The predicted octanol–water partition coefficient (Wildman–Crippen LogP) is 9.33. The highest BCUT2D eigenvalue weighted by Crippen LogP contribution is 2.54. The molecule has 2 aliphatic rings. The van der Waals surface area contributed by atoms with Crippen LogP contribution in [0, 0.1) is 5.92 Å². The lowest BCUT2D eigenvalue weighted by Gasteiger charge is -2.51. The summed E-state index contributed by atoms with van der Waals surface area (Å²) < 4.78 is 30.0. The van der Waals surface area contributed by atoms with Gasteiger partial charge in [0.05, 0.1) is 41.0 Å². The number of rotatable bonds is 9. The lowest BCUT2D eigenvalue weighted by molar-refractivity contribution is -0.114. The fourth-order valence-corrected chi connectivity index (χ4v) is 20.8. The average Bonchev–Trinajstić information content (AvgIpc) is 3.65. The largest absolute Gasteiger partial charge is 0.425 e. The zero-order valence-corrected chi connectivity index (χ0v) is 35.1. The molecule has 284 valence electrons. The lowest BCUT2D eigenvalue weighted by atomic mass is 10.0. The van der Waals surface area contributed by atoms with Crippen LogP contribution >= 0.6 is 11.8 Å². The lowest BCUT2D eigenvalue weighted by Crippen LogP contribution is -2.65. The van der Waals surface area contributed by atoms with E-state index < -0.39 is 23.2 Å². The molecule has 0 bridgehead atoms. The van der Waals surface area contributed by atoms with Crippen LogP contribution in [0.3, 0.4) is 0 Å². The number of nitrogens with zero attached hydrogens (tertiary/aromatic N) is 5. The first-order valence-corrected chi connectivity index (χ1v) is 23.4. The molecule has 0 saturated carbocycles. The molecule has 2 aromatic carbocycles. The van der Waals surface area contributed by atoms with Gasteiger partial charge >= 0.3 is 23.2 Å². The van der Waals surface area contributed by atoms with Crippen molar-refractivity contribution in [1.82, 2.24) is 19.5 Å². The number of carbonyl (C=O) groups is 2. The number of para-hydroxylation sites is 2. The third-order valence-corrected chi connectivity index (χ3v) is 22.3. The molecule has 0 spiro atoms. The number of carbonyl (C=O) groups excluding carboxylic acids is 2. The number of anilines is 3. The van der Waals surface area contributed by atoms with Gasteiger partial charge in [-0.2, -0.15) is 9.97 Å². The second-order valence-corrected chi connectivity index (χ2v) is 25.4. The summed E-state index contributed by atoms with van der Waals surface area (Å²) in [6, 6.07) is 18.5. The van der Waals surface area contributed by atoms with Crippen LogP contribution in [-0.4, -0.2) is 66.6 Å². The molecule has 4 heterocycles. The molecule has 15 heteroatoms. The minimum atomic E-state index is -2.84. The molecule has 4 aromatic rings. The Hall–Kier alpha value is -3.61. The van der Waals surface area contributed by atoms with Gasteiger partial charge in [0, 0.05) is 12.8 Å². The van der Waals surface area contributed by atoms with Crippen molar-refractivity contribution in [2.24, 2.45) is 5.92 Å². The number of benzene rings is 2. The summed E-state index contributed by atoms with van der Waals surface area (Å²) in [5.41, 5.74) is 2.85. The SMILES string of the molecule is CC(=O)Nc1nc(OC(=O)N(c2ccccc2)c2ccccc2)c2ncn([C@@H]3S[C@@H]4CO[Si](C(C)C)(C(C)C)O[Si](C(C)C)(C(C)C)O[C@H]4[C@H]3C)c2n1. The van der Waals surface area contributed by atoms with Crippen LogP contribution in [0.5, 0.6) is 5.88 Å². The van der Waals surface area contributed by atoms with Gasteiger partial charge in [-0.1, -0.05) is 98.7 Å². The maximum Gasteiger partial charge on any atom is 0.425 e. The third kappa shape index (κ3) is 7.43. The molecular formula is C38H52N6O6SSi2. The highest BCUT2D eigenvalue weighted by molar-refractivity contribution is 8.00. The van der Waals surface area contributed by atoms with Gasteiger partial charge in [0.15, 0.2) is 11.2 Å². The smallest absolute Gasteiger partial charge is 0.414 e. The Bertz CT molecular complexity index is 1860. The van der Waals surface area contributed by atoms with E-state index in [1.807, 2.05) is 65.2 Å². The second kappa shape index (κ2) is 15.6. The van der Waals surface area contributed by atoms with Gasteiger partial charge in [0.25, 0.3) is 5.88 Å². The van der Waals surface area contributed by atoms with E-state index in [0.29, 0.717) is 29.1 Å². The van der Waals surface area contributed by atoms with Crippen molar-refractivity contribution in [3.8, 4) is 5.88 Å². The van der Waals surface area contributed by atoms with Crippen molar-refractivity contribution in [3.05, 3.63) is 67.0 Å². The summed E-state index contributed by atoms with van der Waals surface area (Å²) in [5.74, 6) is -0.416. The molecule has 53 heavy (non-hydrogen) atoms. The van der Waals surface area contributed by atoms with E-state index in [9.17, 15) is 9.59 Å². The molecule has 0 aliphatic carbocycles. The Kier molecular flexibility index (Phi) is 11.5. The minimum Gasteiger partial charge on any atom is -0.414 e. The minimum absolute atomic E-state index is 0.00285. The van der Waals surface area contributed by atoms with Crippen LogP contribution < -0.4 is 15.0 Å². The second-order valence-electron chi connectivity index (χ2n) is 15.2. The van der Waals surface area contributed by atoms with E-state index in [1.165, 1.54) is 11.8 Å². The monoisotopic (exact) mass is 776 g/mol. The molecule has 0 unspecified atom stereocenters. The van der Waals surface area contributed by atoms with Crippen molar-refractivity contribution in [2.45, 2.75) is 108 Å². The number of hydrogen-bond donors (Lipinski definition) is 1. The zero-order valence-electron chi connectivity index (χ0n) is 32.3. The van der Waals surface area contributed by atoms with Crippen molar-refractivity contribution >= 4 is 69.4 Å². The molecule has 2 aliphatic heterocycles. The fourth-order valence-electron chi connectivity index (χ4n) is 7.66. The highest BCUT2D eigenvalue weighted by atomic mass is 32.2. The average molecular weight is 777 g/mol. The van der Waals surface area contributed by atoms with Gasteiger partial charge in [-0.25, -0.2) is 14.7 Å². The molecule has 0 radical (unpaired) electrons. The molecule has 2 saturated heterocycles. The Balaban J connectivity index is 1.40. The number of ether oxygens (including phenoxy) is 1. The molecule has 2 fully saturated rings. The molecular weight excluding hydrogens is 725 g/mol. The number of fused-ring (bicyclic) bond motifs is 2. The highest BCUT2D eigenvalue weighted by Gasteiger charge is 2.61. The molecule has 2 amide bonds. The molecule has 4 atom stereocenters. The summed E-state index contributed by atoms with van der Waals surface area (Å²) in [6.07, 6.45) is 0.872. The van der Waals surface area contributed by atoms with Crippen molar-refractivity contribution in [1.29, 1.82) is 0 Å².